The Morgan fingerprint density at radius 3 is 2.90 bits per heavy atom. The Hall–Kier alpha value is -1.85. The van der Waals surface area contributed by atoms with Crippen molar-refractivity contribution in [1.82, 2.24) is 10.5 Å². The van der Waals surface area contributed by atoms with Gasteiger partial charge in [-0.25, -0.2) is 0 Å². The average Bonchev–Trinajstić information content (AvgIpc) is 2.86. The zero-order chi connectivity index (χ0) is 14.5. The van der Waals surface area contributed by atoms with Crippen LogP contribution < -0.4 is 5.32 Å². The lowest BCUT2D eigenvalue weighted by atomic mass is 10.1. The van der Waals surface area contributed by atoms with Crippen LogP contribution in [0.15, 0.2) is 34.9 Å². The Balaban J connectivity index is 1.99. The zero-order valence-corrected chi connectivity index (χ0v) is 12.0. The van der Waals surface area contributed by atoms with Crippen molar-refractivity contribution in [1.29, 1.82) is 0 Å². The van der Waals surface area contributed by atoms with Crippen LogP contribution in [0.5, 0.6) is 0 Å². The number of nitrogens with one attached hydrogen (secondary N) is 1. The number of nitrogens with zero attached hydrogens (tertiary/aromatic N) is 1. The monoisotopic (exact) mass is 294 g/mol. The molecule has 0 aliphatic rings. The van der Waals surface area contributed by atoms with Gasteiger partial charge in [0.2, 0.25) is 5.76 Å². The summed E-state index contributed by atoms with van der Waals surface area (Å²) in [6, 6.07) is 8.90. The number of carbonyl (C=O) groups excluding carboxylic acids is 1. The zero-order valence-electron chi connectivity index (χ0n) is 11.2. The van der Waals surface area contributed by atoms with Crippen molar-refractivity contribution >= 4 is 17.5 Å². The number of carbonyl (C=O) groups is 1. The van der Waals surface area contributed by atoms with Crippen molar-refractivity contribution in [3.05, 3.63) is 52.4 Å². The van der Waals surface area contributed by atoms with E-state index in [1.807, 2.05) is 12.1 Å². The van der Waals surface area contributed by atoms with Crippen LogP contribution in [-0.4, -0.2) is 24.7 Å². The second kappa shape index (κ2) is 6.54. The number of rotatable bonds is 5. The average molecular weight is 295 g/mol. The van der Waals surface area contributed by atoms with E-state index in [0.717, 1.165) is 5.56 Å². The largest absolute Gasteiger partial charge is 0.375 e. The summed E-state index contributed by atoms with van der Waals surface area (Å²) < 4.78 is 10.3. The summed E-state index contributed by atoms with van der Waals surface area (Å²) in [5.41, 5.74) is 1.56. The van der Waals surface area contributed by atoms with E-state index in [9.17, 15) is 4.79 Å². The van der Waals surface area contributed by atoms with Gasteiger partial charge in [-0.05, 0) is 24.6 Å². The quantitative estimate of drug-likeness (QED) is 0.921. The normalized spacial score (nSPS) is 12.2. The molecular formula is C14H15ClN2O3. The third-order valence-electron chi connectivity index (χ3n) is 2.80. The summed E-state index contributed by atoms with van der Waals surface area (Å²) in [6.07, 6.45) is -0.276. The molecule has 2 rings (SSSR count). The topological polar surface area (TPSA) is 64.4 Å². The number of aromatic nitrogens is 1. The Labute approximate surface area is 121 Å². The minimum absolute atomic E-state index is 0.184. The molecule has 0 saturated heterocycles. The molecule has 1 heterocycles. The summed E-state index contributed by atoms with van der Waals surface area (Å²) in [6.45, 7) is 2.07. The first kappa shape index (κ1) is 14.6. The number of hydrogen-bond donors (Lipinski definition) is 1. The molecule has 6 heteroatoms. The Morgan fingerprint density at radius 2 is 2.30 bits per heavy atom. The molecule has 0 radical (unpaired) electrons. The number of benzene rings is 1. The SMILES string of the molecule is CO[C@@H](CNC(=O)c1cc(C)no1)c1cccc(Cl)c1. The van der Waals surface area contributed by atoms with Crippen LogP contribution in [0.3, 0.4) is 0 Å². The number of methoxy groups -OCH3 is 1. The molecule has 0 aliphatic carbocycles. The van der Waals surface area contributed by atoms with Gasteiger partial charge in [0.05, 0.1) is 11.8 Å². The van der Waals surface area contributed by atoms with Gasteiger partial charge in [-0.3, -0.25) is 4.79 Å². The number of aryl methyl sites for hydroxylation is 1. The lowest BCUT2D eigenvalue weighted by Gasteiger charge is -2.16. The van der Waals surface area contributed by atoms with E-state index in [4.69, 9.17) is 20.9 Å². The molecule has 20 heavy (non-hydrogen) atoms. The van der Waals surface area contributed by atoms with Gasteiger partial charge in [-0.1, -0.05) is 28.9 Å². The van der Waals surface area contributed by atoms with Crippen LogP contribution in [0.25, 0.3) is 0 Å². The van der Waals surface area contributed by atoms with Crippen LogP contribution >= 0.6 is 11.6 Å². The Morgan fingerprint density at radius 1 is 1.50 bits per heavy atom. The predicted octanol–water partition coefficient (Wildman–Crippen LogP) is 2.75. The molecule has 1 aromatic heterocycles. The van der Waals surface area contributed by atoms with Crippen LogP contribution in [0.2, 0.25) is 5.02 Å². The summed E-state index contributed by atoms with van der Waals surface area (Å²) in [4.78, 5) is 11.9. The van der Waals surface area contributed by atoms with E-state index in [1.54, 1.807) is 32.2 Å². The molecule has 1 amide bonds. The predicted molar refractivity (Wildman–Crippen MR) is 74.8 cm³/mol. The summed E-state index contributed by atoms with van der Waals surface area (Å²) >= 11 is 5.94. The highest BCUT2D eigenvalue weighted by atomic mass is 35.5. The lowest BCUT2D eigenvalue weighted by molar-refractivity contribution is 0.0800. The first-order valence-corrected chi connectivity index (χ1v) is 6.47. The van der Waals surface area contributed by atoms with Gasteiger partial charge < -0.3 is 14.6 Å². The second-order valence-corrected chi connectivity index (χ2v) is 4.76. The smallest absolute Gasteiger partial charge is 0.290 e. The Kier molecular flexibility index (Phi) is 4.76. The molecule has 0 spiro atoms. The van der Waals surface area contributed by atoms with Crippen molar-refractivity contribution in [2.75, 3.05) is 13.7 Å². The van der Waals surface area contributed by atoms with Crippen molar-refractivity contribution in [2.45, 2.75) is 13.0 Å². The fourth-order valence-electron chi connectivity index (χ4n) is 1.79. The molecule has 0 fully saturated rings. The third-order valence-corrected chi connectivity index (χ3v) is 3.04. The molecule has 0 bridgehead atoms. The number of amides is 1. The van der Waals surface area contributed by atoms with E-state index in [1.165, 1.54) is 0 Å². The second-order valence-electron chi connectivity index (χ2n) is 4.32. The summed E-state index contributed by atoms with van der Waals surface area (Å²) in [7, 11) is 1.58. The summed E-state index contributed by atoms with van der Waals surface area (Å²) in [5.74, 6) is -0.141. The van der Waals surface area contributed by atoms with Crippen LogP contribution in [-0.2, 0) is 4.74 Å². The van der Waals surface area contributed by atoms with Crippen LogP contribution in [0.4, 0.5) is 0 Å². The standard InChI is InChI=1S/C14H15ClN2O3/c1-9-6-12(20-17-9)14(18)16-8-13(19-2)10-4-3-5-11(15)7-10/h3-7,13H,8H2,1-2H3,(H,16,18)/t13-/m0/s1. The molecular weight excluding hydrogens is 280 g/mol. The highest BCUT2D eigenvalue weighted by Crippen LogP contribution is 2.19. The van der Waals surface area contributed by atoms with Crippen molar-refractivity contribution in [2.24, 2.45) is 0 Å². The van der Waals surface area contributed by atoms with Gasteiger partial charge in [0.25, 0.3) is 5.91 Å². The lowest BCUT2D eigenvalue weighted by Crippen LogP contribution is -2.28. The van der Waals surface area contributed by atoms with Crippen molar-refractivity contribution < 1.29 is 14.1 Å². The minimum Gasteiger partial charge on any atom is -0.375 e. The molecule has 0 aliphatic heterocycles. The van der Waals surface area contributed by atoms with E-state index in [-0.39, 0.29) is 17.8 Å². The fourth-order valence-corrected chi connectivity index (χ4v) is 1.99. The number of ether oxygens (including phenoxy) is 1. The van der Waals surface area contributed by atoms with Gasteiger partial charge in [-0.15, -0.1) is 0 Å². The highest BCUT2D eigenvalue weighted by molar-refractivity contribution is 6.30. The van der Waals surface area contributed by atoms with E-state index >= 15 is 0 Å². The molecule has 106 valence electrons. The van der Waals surface area contributed by atoms with Gasteiger partial charge in [0.15, 0.2) is 0 Å². The van der Waals surface area contributed by atoms with E-state index in [0.29, 0.717) is 17.3 Å². The number of halogens is 1. The van der Waals surface area contributed by atoms with Crippen molar-refractivity contribution in [3.8, 4) is 0 Å². The van der Waals surface area contributed by atoms with Crippen molar-refractivity contribution in [3.63, 3.8) is 0 Å². The van der Waals surface area contributed by atoms with Gasteiger partial charge in [-0.2, -0.15) is 0 Å². The first-order chi connectivity index (χ1) is 9.60. The van der Waals surface area contributed by atoms with E-state index in [2.05, 4.69) is 10.5 Å². The van der Waals surface area contributed by atoms with Gasteiger partial charge in [0.1, 0.15) is 0 Å². The van der Waals surface area contributed by atoms with Gasteiger partial charge >= 0.3 is 0 Å². The number of hydrogen-bond acceptors (Lipinski definition) is 4. The molecule has 2 aromatic rings. The van der Waals surface area contributed by atoms with Gasteiger partial charge in [0, 0.05) is 24.7 Å². The molecule has 5 nitrogen and oxygen atoms in total. The maximum Gasteiger partial charge on any atom is 0.290 e. The minimum atomic E-state index is -0.324. The maximum absolute atomic E-state index is 11.9. The highest BCUT2D eigenvalue weighted by Gasteiger charge is 2.15. The summed E-state index contributed by atoms with van der Waals surface area (Å²) in [5, 5.41) is 7.04. The molecule has 1 N–H and O–H groups in total. The van der Waals surface area contributed by atoms with Crippen LogP contribution in [0, 0.1) is 6.92 Å². The molecule has 1 aromatic carbocycles. The van der Waals surface area contributed by atoms with E-state index < -0.39 is 0 Å². The molecule has 1 atom stereocenters. The van der Waals surface area contributed by atoms with Crippen LogP contribution in [0.1, 0.15) is 27.9 Å². The molecule has 0 unspecified atom stereocenters. The fraction of sp³-hybridized carbons (Fsp3) is 0.286. The molecule has 0 saturated carbocycles. The third kappa shape index (κ3) is 3.59. The first-order valence-electron chi connectivity index (χ1n) is 6.10. The maximum atomic E-state index is 11.9. The Bertz CT molecular complexity index is 598.